The number of aryl methyl sites for hydroxylation is 1. The second-order valence-corrected chi connectivity index (χ2v) is 6.42. The van der Waals surface area contributed by atoms with E-state index in [9.17, 15) is 5.11 Å². The maximum Gasteiger partial charge on any atom is 0.218 e. The minimum absolute atomic E-state index is 0.0145. The fraction of sp³-hybridized carbons (Fsp3) is 0.0667. The van der Waals surface area contributed by atoms with Gasteiger partial charge in [-0.3, -0.25) is 0 Å². The van der Waals surface area contributed by atoms with Crippen LogP contribution in [-0.4, -0.2) is 10.1 Å². The average molecular weight is 409 g/mol. The number of fused-ring (bicyclic) bond motifs is 1. The highest BCUT2D eigenvalue weighted by atomic mass is 79.9. The van der Waals surface area contributed by atoms with E-state index < -0.39 is 0 Å². The van der Waals surface area contributed by atoms with E-state index in [2.05, 4.69) is 47.1 Å². The van der Waals surface area contributed by atoms with Crippen LogP contribution in [0.3, 0.4) is 0 Å². The number of aromatic hydroxyl groups is 1. The van der Waals surface area contributed by atoms with Crippen LogP contribution in [0.15, 0.2) is 55.6 Å². The number of azo groups is 1. The molecule has 3 aromatic rings. The molecule has 4 nitrogen and oxygen atoms in total. The summed E-state index contributed by atoms with van der Waals surface area (Å²) in [6.45, 7) is 1.99. The van der Waals surface area contributed by atoms with Crippen molar-refractivity contribution in [3.05, 3.63) is 50.9 Å². The predicted octanol–water partition coefficient (Wildman–Crippen LogP) is 6.12. The highest BCUT2D eigenvalue weighted by Crippen LogP contribution is 2.37. The lowest BCUT2D eigenvalue weighted by Crippen LogP contribution is -1.73. The fourth-order valence-electron chi connectivity index (χ4n) is 2.04. The van der Waals surface area contributed by atoms with Gasteiger partial charge in [-0.05, 0) is 48.9 Å². The van der Waals surface area contributed by atoms with Crippen LogP contribution in [0.25, 0.3) is 10.9 Å². The van der Waals surface area contributed by atoms with Gasteiger partial charge in [0.05, 0.1) is 11.2 Å². The van der Waals surface area contributed by atoms with Crippen molar-refractivity contribution >= 4 is 54.1 Å². The van der Waals surface area contributed by atoms with Crippen molar-refractivity contribution in [2.24, 2.45) is 10.2 Å². The summed E-state index contributed by atoms with van der Waals surface area (Å²) >= 11 is 6.87. The van der Waals surface area contributed by atoms with Crippen molar-refractivity contribution in [3.8, 4) is 5.88 Å². The number of nitrogens with zero attached hydrogens (tertiary/aromatic N) is 2. The highest BCUT2D eigenvalue weighted by Gasteiger charge is 2.10. The second kappa shape index (κ2) is 5.61. The Balaban J connectivity index is 2.04. The molecular weight excluding hydrogens is 398 g/mol. The van der Waals surface area contributed by atoms with Crippen LogP contribution in [0, 0.1) is 6.92 Å². The number of H-pyrrole nitrogens is 1. The lowest BCUT2D eigenvalue weighted by Gasteiger charge is -1.98. The Morgan fingerprint density at radius 2 is 1.86 bits per heavy atom. The van der Waals surface area contributed by atoms with Crippen LogP contribution in [-0.2, 0) is 0 Å². The van der Waals surface area contributed by atoms with E-state index in [1.807, 2.05) is 43.3 Å². The van der Waals surface area contributed by atoms with Gasteiger partial charge >= 0.3 is 0 Å². The molecule has 0 unspecified atom stereocenters. The van der Waals surface area contributed by atoms with Crippen LogP contribution in [0.5, 0.6) is 5.88 Å². The monoisotopic (exact) mass is 407 g/mol. The van der Waals surface area contributed by atoms with Crippen molar-refractivity contribution in [1.29, 1.82) is 0 Å². The Hall–Kier alpha value is -1.66. The topological polar surface area (TPSA) is 60.7 Å². The molecule has 3 rings (SSSR count). The van der Waals surface area contributed by atoms with Gasteiger partial charge in [0.1, 0.15) is 0 Å². The summed E-state index contributed by atoms with van der Waals surface area (Å²) in [5.74, 6) is 0.0145. The van der Waals surface area contributed by atoms with E-state index in [4.69, 9.17) is 0 Å². The summed E-state index contributed by atoms with van der Waals surface area (Å²) in [6.07, 6.45) is 0. The normalized spacial score (nSPS) is 11.6. The summed E-state index contributed by atoms with van der Waals surface area (Å²) in [5.41, 5.74) is 3.07. The van der Waals surface area contributed by atoms with E-state index >= 15 is 0 Å². The Labute approximate surface area is 138 Å². The third kappa shape index (κ3) is 2.87. The summed E-state index contributed by atoms with van der Waals surface area (Å²) in [6, 6.07) is 11.4. The number of aromatic nitrogens is 1. The second-order valence-electron chi connectivity index (χ2n) is 4.65. The van der Waals surface area contributed by atoms with Gasteiger partial charge in [0.25, 0.3) is 0 Å². The molecule has 2 aromatic carbocycles. The molecule has 2 N–H and O–H groups in total. The van der Waals surface area contributed by atoms with Gasteiger partial charge in [-0.1, -0.05) is 31.9 Å². The smallest absolute Gasteiger partial charge is 0.218 e. The number of hydrogen-bond donors (Lipinski definition) is 2. The zero-order valence-electron chi connectivity index (χ0n) is 11.1. The fourth-order valence-corrected chi connectivity index (χ4v) is 2.64. The standard InChI is InChI=1S/C15H11Br2N3O/c1-8-6-10(3-4-12(8)17)19-20-14-11-7-9(16)2-5-13(11)18-15(14)21/h2-7,18,21H,1H3. The molecule has 0 aliphatic carbocycles. The third-order valence-corrected chi connectivity index (χ3v) is 4.50. The predicted molar refractivity (Wildman–Crippen MR) is 90.7 cm³/mol. The molecule has 1 aromatic heterocycles. The van der Waals surface area contributed by atoms with Crippen molar-refractivity contribution in [2.45, 2.75) is 6.92 Å². The van der Waals surface area contributed by atoms with Gasteiger partial charge in [0.2, 0.25) is 5.88 Å². The number of halogens is 2. The summed E-state index contributed by atoms with van der Waals surface area (Å²) in [4.78, 5) is 2.88. The Morgan fingerprint density at radius 3 is 2.62 bits per heavy atom. The number of rotatable bonds is 2. The minimum Gasteiger partial charge on any atom is -0.493 e. The van der Waals surface area contributed by atoms with Crippen LogP contribution in [0.4, 0.5) is 11.4 Å². The van der Waals surface area contributed by atoms with Crippen LogP contribution < -0.4 is 0 Å². The van der Waals surface area contributed by atoms with E-state index in [0.717, 1.165) is 31.1 Å². The van der Waals surface area contributed by atoms with Gasteiger partial charge < -0.3 is 10.1 Å². The van der Waals surface area contributed by atoms with Gasteiger partial charge in [-0.15, -0.1) is 5.11 Å². The first-order valence-corrected chi connectivity index (χ1v) is 7.81. The Morgan fingerprint density at radius 1 is 1.05 bits per heavy atom. The lowest BCUT2D eigenvalue weighted by atomic mass is 10.2. The molecular formula is C15H11Br2N3O. The number of aromatic amines is 1. The molecule has 106 valence electrons. The molecule has 0 radical (unpaired) electrons. The molecule has 0 spiro atoms. The van der Waals surface area contributed by atoms with E-state index in [1.54, 1.807) is 0 Å². The van der Waals surface area contributed by atoms with Crippen molar-refractivity contribution in [1.82, 2.24) is 4.98 Å². The van der Waals surface area contributed by atoms with Gasteiger partial charge in [0.15, 0.2) is 5.69 Å². The molecule has 0 aliphatic heterocycles. The van der Waals surface area contributed by atoms with Crippen LogP contribution in [0.1, 0.15) is 5.56 Å². The lowest BCUT2D eigenvalue weighted by molar-refractivity contribution is 0.459. The van der Waals surface area contributed by atoms with E-state index in [1.165, 1.54) is 0 Å². The molecule has 0 saturated carbocycles. The highest BCUT2D eigenvalue weighted by molar-refractivity contribution is 9.10. The summed E-state index contributed by atoms with van der Waals surface area (Å²) < 4.78 is 1.95. The van der Waals surface area contributed by atoms with Crippen LogP contribution >= 0.6 is 31.9 Å². The molecule has 0 fully saturated rings. The Kier molecular flexibility index (Phi) is 3.82. The molecule has 0 saturated heterocycles. The largest absolute Gasteiger partial charge is 0.493 e. The molecule has 0 bridgehead atoms. The van der Waals surface area contributed by atoms with Crippen molar-refractivity contribution in [3.63, 3.8) is 0 Å². The summed E-state index contributed by atoms with van der Waals surface area (Å²) in [5, 5.41) is 19.2. The third-order valence-electron chi connectivity index (χ3n) is 3.12. The number of hydrogen-bond acceptors (Lipinski definition) is 3. The van der Waals surface area contributed by atoms with Crippen molar-refractivity contribution < 1.29 is 5.11 Å². The van der Waals surface area contributed by atoms with Gasteiger partial charge in [-0.2, -0.15) is 5.11 Å². The first-order chi connectivity index (χ1) is 10.0. The van der Waals surface area contributed by atoms with E-state index in [0.29, 0.717) is 5.69 Å². The average Bonchev–Trinajstić information content (AvgIpc) is 2.75. The molecule has 0 amide bonds. The maximum atomic E-state index is 9.97. The van der Waals surface area contributed by atoms with Crippen molar-refractivity contribution in [2.75, 3.05) is 0 Å². The quantitative estimate of drug-likeness (QED) is 0.492. The molecule has 1 heterocycles. The number of benzene rings is 2. The first kappa shape index (κ1) is 14.3. The van der Waals surface area contributed by atoms with Gasteiger partial charge in [-0.25, -0.2) is 0 Å². The zero-order valence-corrected chi connectivity index (χ0v) is 14.2. The van der Waals surface area contributed by atoms with E-state index in [-0.39, 0.29) is 5.88 Å². The molecule has 0 atom stereocenters. The molecule has 21 heavy (non-hydrogen) atoms. The SMILES string of the molecule is Cc1cc(N=Nc2c(O)[nH]c3ccc(Br)cc23)ccc1Br. The van der Waals surface area contributed by atoms with Gasteiger partial charge in [0, 0.05) is 14.3 Å². The number of nitrogens with one attached hydrogen (secondary N) is 1. The molecule has 0 aliphatic rings. The maximum absolute atomic E-state index is 9.97. The van der Waals surface area contributed by atoms with Crippen LogP contribution in [0.2, 0.25) is 0 Å². The summed E-state index contributed by atoms with van der Waals surface area (Å²) in [7, 11) is 0. The minimum atomic E-state index is 0.0145. The zero-order chi connectivity index (χ0) is 15.0. The Bertz CT molecular complexity index is 855. The molecule has 6 heteroatoms. The first-order valence-electron chi connectivity index (χ1n) is 6.22.